The molecule has 0 saturated carbocycles. The van der Waals surface area contributed by atoms with Gasteiger partial charge in [0.15, 0.2) is 0 Å². The highest BCUT2D eigenvalue weighted by atomic mass is 35.5. The second-order valence-corrected chi connectivity index (χ2v) is 6.88. The summed E-state index contributed by atoms with van der Waals surface area (Å²) >= 11 is 11.9. The van der Waals surface area contributed by atoms with Crippen molar-refractivity contribution in [3.05, 3.63) is 34.9 Å². The molecule has 0 radical (unpaired) electrons. The predicted octanol–water partition coefficient (Wildman–Crippen LogP) is 2.21. The van der Waals surface area contributed by atoms with E-state index in [1.54, 1.807) is 12.1 Å². The topological polar surface area (TPSA) is 93.2 Å². The standard InChI is InChI=1S/C18H30Cl2N4O/c19-15-7-5-14(6-8-15)17(18(20)25)16(24-13-3-10-22)4-1-11-23-12-2-9-21/h5-8,16-17,23-24H,1-4,9-13,21-22H2. The van der Waals surface area contributed by atoms with Crippen molar-refractivity contribution in [2.24, 2.45) is 11.5 Å². The molecule has 0 fully saturated rings. The molecule has 1 aromatic carbocycles. The van der Waals surface area contributed by atoms with Crippen molar-refractivity contribution < 1.29 is 4.79 Å². The number of halogens is 2. The first-order valence-electron chi connectivity index (χ1n) is 8.89. The molecule has 0 bridgehead atoms. The quantitative estimate of drug-likeness (QED) is 0.289. The van der Waals surface area contributed by atoms with Crippen LogP contribution in [-0.2, 0) is 4.79 Å². The molecule has 2 atom stereocenters. The summed E-state index contributed by atoms with van der Waals surface area (Å²) in [5, 5.41) is 7.09. The molecule has 7 heteroatoms. The molecule has 0 spiro atoms. The number of nitrogens with two attached hydrogens (primary N) is 2. The second kappa shape index (κ2) is 13.5. The van der Waals surface area contributed by atoms with Gasteiger partial charge in [0, 0.05) is 11.1 Å². The van der Waals surface area contributed by atoms with Gasteiger partial charge in [-0.3, -0.25) is 4.79 Å². The van der Waals surface area contributed by atoms with E-state index in [1.807, 2.05) is 12.1 Å². The molecule has 0 aromatic heterocycles. The molecule has 25 heavy (non-hydrogen) atoms. The maximum atomic E-state index is 12.1. The summed E-state index contributed by atoms with van der Waals surface area (Å²) in [5.74, 6) is -0.402. The number of hydrogen-bond acceptors (Lipinski definition) is 5. The Morgan fingerprint density at radius 1 is 1.00 bits per heavy atom. The normalized spacial score (nSPS) is 13.6. The maximum absolute atomic E-state index is 12.1. The average molecular weight is 389 g/mol. The van der Waals surface area contributed by atoms with E-state index in [9.17, 15) is 4.79 Å². The van der Waals surface area contributed by atoms with Gasteiger partial charge in [0.1, 0.15) is 0 Å². The summed E-state index contributed by atoms with van der Waals surface area (Å²) < 4.78 is 0. The van der Waals surface area contributed by atoms with Crippen molar-refractivity contribution in [2.75, 3.05) is 32.7 Å². The molecule has 0 saturated heterocycles. The van der Waals surface area contributed by atoms with Crippen LogP contribution in [0.25, 0.3) is 0 Å². The number of carbonyl (C=O) groups is 1. The molecule has 1 aromatic rings. The Balaban J connectivity index is 2.71. The maximum Gasteiger partial charge on any atom is 0.230 e. The molecule has 5 nitrogen and oxygen atoms in total. The van der Waals surface area contributed by atoms with Crippen molar-refractivity contribution in [3.63, 3.8) is 0 Å². The van der Waals surface area contributed by atoms with E-state index in [0.717, 1.165) is 50.9 Å². The number of nitrogens with one attached hydrogen (secondary N) is 2. The minimum Gasteiger partial charge on any atom is -0.330 e. The summed E-state index contributed by atoms with van der Waals surface area (Å²) in [6.45, 7) is 3.86. The molecule has 0 amide bonds. The Morgan fingerprint density at radius 2 is 1.60 bits per heavy atom. The van der Waals surface area contributed by atoms with Crippen LogP contribution >= 0.6 is 23.2 Å². The van der Waals surface area contributed by atoms with Crippen molar-refractivity contribution >= 4 is 28.4 Å². The molecule has 0 aliphatic rings. The first kappa shape index (κ1) is 22.4. The van der Waals surface area contributed by atoms with Crippen molar-refractivity contribution in [1.29, 1.82) is 0 Å². The highest BCUT2D eigenvalue weighted by Crippen LogP contribution is 2.26. The fourth-order valence-corrected chi connectivity index (χ4v) is 3.17. The van der Waals surface area contributed by atoms with E-state index < -0.39 is 5.92 Å². The number of rotatable bonds is 14. The van der Waals surface area contributed by atoms with Crippen LogP contribution in [-0.4, -0.2) is 44.0 Å². The van der Waals surface area contributed by atoms with Gasteiger partial charge in [0.05, 0.1) is 5.92 Å². The SMILES string of the molecule is NCCCNCCCC(NCCCN)C(C(=O)Cl)c1ccc(Cl)cc1. The zero-order valence-corrected chi connectivity index (χ0v) is 16.2. The van der Waals surface area contributed by atoms with E-state index >= 15 is 0 Å². The van der Waals surface area contributed by atoms with E-state index in [1.165, 1.54) is 0 Å². The zero-order valence-electron chi connectivity index (χ0n) is 14.6. The van der Waals surface area contributed by atoms with Gasteiger partial charge in [-0.25, -0.2) is 0 Å². The predicted molar refractivity (Wildman–Crippen MR) is 106 cm³/mol. The molecule has 0 heterocycles. The van der Waals surface area contributed by atoms with Crippen LogP contribution in [0.15, 0.2) is 24.3 Å². The Bertz CT molecular complexity index is 484. The van der Waals surface area contributed by atoms with E-state index in [-0.39, 0.29) is 11.3 Å². The monoisotopic (exact) mass is 388 g/mol. The Hall–Kier alpha value is -0.690. The molecule has 1 rings (SSSR count). The lowest BCUT2D eigenvalue weighted by Gasteiger charge is -2.26. The molecule has 6 N–H and O–H groups in total. The largest absolute Gasteiger partial charge is 0.330 e. The lowest BCUT2D eigenvalue weighted by atomic mass is 9.89. The van der Waals surface area contributed by atoms with E-state index in [2.05, 4.69) is 10.6 Å². The lowest BCUT2D eigenvalue weighted by Crippen LogP contribution is -2.39. The summed E-state index contributed by atoms with van der Waals surface area (Å²) in [6.07, 6.45) is 3.60. The third-order valence-electron chi connectivity index (χ3n) is 4.09. The number of hydrogen-bond donors (Lipinski definition) is 4. The van der Waals surface area contributed by atoms with Gasteiger partial charge < -0.3 is 22.1 Å². The Kier molecular flexibility index (Phi) is 12.1. The van der Waals surface area contributed by atoms with Gasteiger partial charge in [-0.1, -0.05) is 23.7 Å². The molecular weight excluding hydrogens is 359 g/mol. The molecular formula is C18H30Cl2N4O. The lowest BCUT2D eigenvalue weighted by molar-refractivity contribution is -0.113. The summed E-state index contributed by atoms with van der Waals surface area (Å²) in [7, 11) is 0. The van der Waals surface area contributed by atoms with Crippen LogP contribution in [0.5, 0.6) is 0 Å². The van der Waals surface area contributed by atoms with Gasteiger partial charge in [-0.05, 0) is 87.7 Å². The highest BCUT2D eigenvalue weighted by molar-refractivity contribution is 6.64. The Labute approximate surface area is 160 Å². The summed E-state index contributed by atoms with van der Waals surface area (Å²) in [5.41, 5.74) is 11.9. The summed E-state index contributed by atoms with van der Waals surface area (Å²) in [4.78, 5) is 12.1. The van der Waals surface area contributed by atoms with E-state index in [4.69, 9.17) is 34.7 Å². The zero-order chi connectivity index (χ0) is 18.5. The number of carbonyl (C=O) groups excluding carboxylic acids is 1. The van der Waals surface area contributed by atoms with Crippen LogP contribution in [0.3, 0.4) is 0 Å². The van der Waals surface area contributed by atoms with Crippen LogP contribution in [0.4, 0.5) is 0 Å². The molecule has 0 aliphatic heterocycles. The van der Waals surface area contributed by atoms with Gasteiger partial charge in [-0.2, -0.15) is 0 Å². The molecule has 142 valence electrons. The second-order valence-electron chi connectivity index (χ2n) is 6.07. The Morgan fingerprint density at radius 3 is 2.20 bits per heavy atom. The first-order valence-corrected chi connectivity index (χ1v) is 9.64. The van der Waals surface area contributed by atoms with E-state index in [0.29, 0.717) is 18.1 Å². The van der Waals surface area contributed by atoms with Crippen LogP contribution in [0, 0.1) is 0 Å². The van der Waals surface area contributed by atoms with Gasteiger partial charge in [0.25, 0.3) is 0 Å². The van der Waals surface area contributed by atoms with Crippen molar-refractivity contribution in [1.82, 2.24) is 10.6 Å². The van der Waals surface area contributed by atoms with Crippen LogP contribution in [0.1, 0.15) is 37.2 Å². The third-order valence-corrected chi connectivity index (χ3v) is 4.58. The van der Waals surface area contributed by atoms with Crippen LogP contribution in [0.2, 0.25) is 5.02 Å². The van der Waals surface area contributed by atoms with Gasteiger partial charge in [0.2, 0.25) is 5.24 Å². The molecule has 0 aliphatic carbocycles. The van der Waals surface area contributed by atoms with Gasteiger partial charge >= 0.3 is 0 Å². The van der Waals surface area contributed by atoms with Gasteiger partial charge in [-0.15, -0.1) is 0 Å². The smallest absolute Gasteiger partial charge is 0.230 e. The average Bonchev–Trinajstić information content (AvgIpc) is 2.59. The minimum atomic E-state index is -0.402. The van der Waals surface area contributed by atoms with Crippen molar-refractivity contribution in [3.8, 4) is 0 Å². The fourth-order valence-electron chi connectivity index (χ4n) is 2.77. The van der Waals surface area contributed by atoms with Crippen molar-refractivity contribution in [2.45, 2.75) is 37.6 Å². The highest BCUT2D eigenvalue weighted by Gasteiger charge is 2.28. The molecule has 2 unspecified atom stereocenters. The minimum absolute atomic E-state index is 0.0333. The fraction of sp³-hybridized carbons (Fsp3) is 0.611. The first-order chi connectivity index (χ1) is 12.1. The van der Waals surface area contributed by atoms with Crippen LogP contribution < -0.4 is 22.1 Å². The third kappa shape index (κ3) is 8.99. The summed E-state index contributed by atoms with van der Waals surface area (Å²) in [6, 6.07) is 7.27. The number of benzene rings is 1.